The number of carboxylic acid groups (broad SMARTS) is 1. The number of hydrogen-bond donors (Lipinski definition) is 1. The highest BCUT2D eigenvalue weighted by Crippen LogP contribution is 2.16. The summed E-state index contributed by atoms with van der Waals surface area (Å²) in [4.78, 5) is 22.7. The molecule has 0 saturated heterocycles. The average Bonchev–Trinajstić information content (AvgIpc) is 3.06. The lowest BCUT2D eigenvalue weighted by Crippen LogP contribution is -2.14. The van der Waals surface area contributed by atoms with E-state index in [2.05, 4.69) is 55.5 Å². The number of carboxylic acids is 1. The zero-order valence-electron chi connectivity index (χ0n) is 31.8. The van der Waals surface area contributed by atoms with Crippen molar-refractivity contribution in [3.63, 3.8) is 0 Å². The van der Waals surface area contributed by atoms with Gasteiger partial charge in [0.25, 0.3) is 0 Å². The molecule has 1 unspecified atom stereocenters. The topological polar surface area (TPSA) is 63.6 Å². The van der Waals surface area contributed by atoms with Gasteiger partial charge in [-0.2, -0.15) is 0 Å². The smallest absolute Gasteiger partial charge is 0.306 e. The van der Waals surface area contributed by atoms with Gasteiger partial charge < -0.3 is 9.84 Å². The summed E-state index contributed by atoms with van der Waals surface area (Å²) in [5.41, 5.74) is 0. The van der Waals surface area contributed by atoms with E-state index >= 15 is 0 Å². The van der Waals surface area contributed by atoms with Gasteiger partial charge in [0.2, 0.25) is 0 Å². The Labute approximate surface area is 298 Å². The van der Waals surface area contributed by atoms with Crippen LogP contribution in [0.3, 0.4) is 0 Å². The number of aliphatic carboxylic acids is 1. The molecule has 0 spiro atoms. The fourth-order valence-electron chi connectivity index (χ4n) is 5.97. The van der Waals surface area contributed by atoms with Gasteiger partial charge in [-0.3, -0.25) is 9.59 Å². The number of esters is 1. The van der Waals surface area contributed by atoms with Crippen LogP contribution in [0.2, 0.25) is 0 Å². The van der Waals surface area contributed by atoms with Crippen molar-refractivity contribution < 1.29 is 19.4 Å². The van der Waals surface area contributed by atoms with Crippen molar-refractivity contribution in [2.75, 3.05) is 0 Å². The third kappa shape index (κ3) is 40.1. The SMILES string of the molecule is CCCCC/C=C\C/C=C\C/C=C\C/C=C\CCCCCC(=O)OC(C)CCCCCCCCCCCCCCCCCCCC(=O)O. The van der Waals surface area contributed by atoms with E-state index in [1.165, 1.54) is 116 Å². The molecule has 0 aromatic heterocycles. The van der Waals surface area contributed by atoms with Crippen LogP contribution in [-0.4, -0.2) is 23.1 Å². The number of ether oxygens (including phenoxy) is 1. The van der Waals surface area contributed by atoms with Crippen LogP contribution in [0.1, 0.15) is 213 Å². The summed E-state index contributed by atoms with van der Waals surface area (Å²) in [6.45, 7) is 4.30. The molecule has 0 aliphatic rings. The Balaban J connectivity index is 3.40. The largest absolute Gasteiger partial charge is 0.481 e. The Morgan fingerprint density at radius 3 is 1.27 bits per heavy atom. The molecule has 0 bridgehead atoms. The van der Waals surface area contributed by atoms with Crippen LogP contribution >= 0.6 is 0 Å². The second-order valence-corrected chi connectivity index (χ2v) is 13.9. The number of carbonyl (C=O) groups is 2. The van der Waals surface area contributed by atoms with E-state index < -0.39 is 5.97 Å². The maximum absolute atomic E-state index is 12.2. The Bertz CT molecular complexity index is 809. The second-order valence-electron chi connectivity index (χ2n) is 13.9. The quantitative estimate of drug-likeness (QED) is 0.0406. The van der Waals surface area contributed by atoms with Crippen LogP contribution < -0.4 is 0 Å². The molecule has 0 heterocycles. The van der Waals surface area contributed by atoms with Crippen LogP contribution in [0, 0.1) is 0 Å². The fraction of sp³-hybridized carbons (Fsp3) is 0.773. The van der Waals surface area contributed by atoms with Crippen molar-refractivity contribution in [3.05, 3.63) is 48.6 Å². The van der Waals surface area contributed by atoms with Gasteiger partial charge in [0.15, 0.2) is 0 Å². The third-order valence-corrected chi connectivity index (χ3v) is 9.04. The summed E-state index contributed by atoms with van der Waals surface area (Å²) in [6.07, 6.45) is 54.1. The first-order valence-corrected chi connectivity index (χ1v) is 20.6. The number of carbonyl (C=O) groups excluding carboxylic acids is 1. The fourth-order valence-corrected chi connectivity index (χ4v) is 5.97. The first-order chi connectivity index (χ1) is 23.6. The van der Waals surface area contributed by atoms with Crippen molar-refractivity contribution in [2.24, 2.45) is 0 Å². The van der Waals surface area contributed by atoms with Crippen LogP contribution in [0.4, 0.5) is 0 Å². The van der Waals surface area contributed by atoms with Gasteiger partial charge in [0.05, 0.1) is 6.10 Å². The summed E-state index contributed by atoms with van der Waals surface area (Å²) in [6, 6.07) is 0. The molecule has 0 rings (SSSR count). The van der Waals surface area contributed by atoms with Crippen molar-refractivity contribution in [1.82, 2.24) is 0 Å². The van der Waals surface area contributed by atoms with Crippen LogP contribution in [0.15, 0.2) is 48.6 Å². The monoisotopic (exact) mass is 671 g/mol. The average molecular weight is 671 g/mol. The molecule has 4 heteroatoms. The zero-order valence-corrected chi connectivity index (χ0v) is 31.8. The van der Waals surface area contributed by atoms with Gasteiger partial charge in [-0.05, 0) is 77.6 Å². The normalized spacial score (nSPS) is 12.7. The molecule has 0 aliphatic carbocycles. The maximum Gasteiger partial charge on any atom is 0.306 e. The number of unbranched alkanes of at least 4 members (excludes halogenated alkanes) is 22. The minimum absolute atomic E-state index is 0.0230. The molecule has 1 N–H and O–H groups in total. The van der Waals surface area contributed by atoms with Crippen molar-refractivity contribution in [1.29, 1.82) is 0 Å². The molecular formula is C44H78O4. The van der Waals surface area contributed by atoms with Gasteiger partial charge >= 0.3 is 11.9 Å². The summed E-state index contributed by atoms with van der Waals surface area (Å²) in [7, 11) is 0. The van der Waals surface area contributed by atoms with E-state index in [-0.39, 0.29) is 12.1 Å². The van der Waals surface area contributed by atoms with Crippen molar-refractivity contribution in [2.45, 2.75) is 219 Å². The highest BCUT2D eigenvalue weighted by atomic mass is 16.5. The predicted octanol–water partition coefficient (Wildman–Crippen LogP) is 14.3. The minimum atomic E-state index is -0.664. The second kappa shape index (κ2) is 39.3. The molecule has 0 aromatic rings. The molecular weight excluding hydrogens is 592 g/mol. The zero-order chi connectivity index (χ0) is 35.0. The molecule has 0 aliphatic heterocycles. The van der Waals surface area contributed by atoms with Gasteiger partial charge in [-0.25, -0.2) is 0 Å². The van der Waals surface area contributed by atoms with E-state index in [4.69, 9.17) is 9.84 Å². The summed E-state index contributed by atoms with van der Waals surface area (Å²) in [5.74, 6) is -0.687. The summed E-state index contributed by atoms with van der Waals surface area (Å²) < 4.78 is 5.64. The van der Waals surface area contributed by atoms with Gasteiger partial charge in [-0.1, -0.05) is 171 Å². The molecule has 0 fully saturated rings. The number of hydrogen-bond acceptors (Lipinski definition) is 3. The van der Waals surface area contributed by atoms with E-state index in [1.54, 1.807) is 0 Å². The minimum Gasteiger partial charge on any atom is -0.481 e. The van der Waals surface area contributed by atoms with Crippen molar-refractivity contribution >= 4 is 11.9 Å². The number of allylic oxidation sites excluding steroid dienone is 8. The molecule has 0 radical (unpaired) electrons. The molecule has 0 aromatic carbocycles. The van der Waals surface area contributed by atoms with Gasteiger partial charge in [0, 0.05) is 12.8 Å². The summed E-state index contributed by atoms with van der Waals surface area (Å²) in [5, 5.41) is 8.65. The Morgan fingerprint density at radius 1 is 0.479 bits per heavy atom. The van der Waals surface area contributed by atoms with Crippen molar-refractivity contribution in [3.8, 4) is 0 Å². The highest BCUT2D eigenvalue weighted by molar-refractivity contribution is 5.69. The first kappa shape index (κ1) is 45.9. The van der Waals surface area contributed by atoms with E-state index in [1.807, 2.05) is 6.92 Å². The lowest BCUT2D eigenvalue weighted by atomic mass is 10.0. The molecule has 48 heavy (non-hydrogen) atoms. The predicted molar refractivity (Wildman–Crippen MR) is 209 cm³/mol. The third-order valence-electron chi connectivity index (χ3n) is 9.04. The van der Waals surface area contributed by atoms with Gasteiger partial charge in [-0.15, -0.1) is 0 Å². The van der Waals surface area contributed by atoms with E-state index in [0.29, 0.717) is 12.8 Å². The molecule has 0 saturated carbocycles. The Kier molecular flexibility index (Phi) is 37.6. The van der Waals surface area contributed by atoms with E-state index in [9.17, 15) is 9.59 Å². The van der Waals surface area contributed by atoms with Crippen LogP contribution in [-0.2, 0) is 14.3 Å². The Hall–Kier alpha value is -2.10. The molecule has 1 atom stereocenters. The van der Waals surface area contributed by atoms with Crippen LogP contribution in [0.25, 0.3) is 0 Å². The van der Waals surface area contributed by atoms with Gasteiger partial charge in [0.1, 0.15) is 0 Å². The van der Waals surface area contributed by atoms with Crippen LogP contribution in [0.5, 0.6) is 0 Å². The lowest BCUT2D eigenvalue weighted by Gasteiger charge is -2.13. The maximum atomic E-state index is 12.2. The standard InChI is InChI=1S/C44H78O4/c1-3-4-5-6-7-8-9-10-11-12-13-17-20-23-26-29-32-35-38-41-44(47)48-42(2)39-36-33-30-27-24-21-18-15-14-16-19-22-25-28-31-34-37-40-43(45)46/h7-8,10-11,13,17,23,26,42H,3-6,9,12,14-16,18-22,24-25,27-41H2,1-2H3,(H,45,46)/b8-7-,11-10-,17-13-,26-23-. The molecule has 278 valence electrons. The number of rotatable bonds is 37. The summed E-state index contributed by atoms with van der Waals surface area (Å²) >= 11 is 0. The first-order valence-electron chi connectivity index (χ1n) is 20.6. The molecule has 0 amide bonds. The highest BCUT2D eigenvalue weighted by Gasteiger charge is 2.09. The molecule has 4 nitrogen and oxygen atoms in total. The van der Waals surface area contributed by atoms with E-state index in [0.717, 1.165) is 70.6 Å². The lowest BCUT2D eigenvalue weighted by molar-refractivity contribution is -0.148. The Morgan fingerprint density at radius 2 is 0.833 bits per heavy atom.